The van der Waals surface area contributed by atoms with Gasteiger partial charge in [-0.3, -0.25) is 9.59 Å². The van der Waals surface area contributed by atoms with Gasteiger partial charge in [-0.2, -0.15) is 0 Å². The van der Waals surface area contributed by atoms with Gasteiger partial charge >= 0.3 is 5.97 Å². The molecule has 1 aromatic carbocycles. The number of fused-ring (bicyclic) bond motifs is 1. The van der Waals surface area contributed by atoms with E-state index in [9.17, 15) is 9.59 Å². The average Bonchev–Trinajstić information content (AvgIpc) is 2.43. The number of aromatic amines is 1. The molecule has 0 radical (unpaired) electrons. The van der Waals surface area contributed by atoms with E-state index in [2.05, 4.69) is 4.98 Å². The maximum absolute atomic E-state index is 11.9. The predicted octanol–water partition coefficient (Wildman–Crippen LogP) is 1.05. The van der Waals surface area contributed by atoms with Gasteiger partial charge in [-0.05, 0) is 30.5 Å². The molecule has 0 spiro atoms. The summed E-state index contributed by atoms with van der Waals surface area (Å²) in [7, 11) is 0. The zero-order valence-corrected chi connectivity index (χ0v) is 11.1. The molecule has 1 atom stereocenters. The molecule has 0 aliphatic rings. The van der Waals surface area contributed by atoms with Crippen LogP contribution in [0.15, 0.2) is 29.1 Å². The molecule has 1 heterocycles. The Balaban J connectivity index is 2.46. The van der Waals surface area contributed by atoms with Crippen LogP contribution < -0.4 is 16.0 Å². The van der Waals surface area contributed by atoms with Crippen molar-refractivity contribution in [3.8, 4) is 5.75 Å². The van der Waals surface area contributed by atoms with E-state index in [0.29, 0.717) is 24.4 Å². The van der Waals surface area contributed by atoms with Crippen molar-refractivity contribution in [1.29, 1.82) is 0 Å². The maximum atomic E-state index is 11.9. The quantitative estimate of drug-likeness (QED) is 0.757. The highest BCUT2D eigenvalue weighted by molar-refractivity contribution is 5.83. The highest BCUT2D eigenvalue weighted by atomic mass is 16.5. The second kappa shape index (κ2) is 5.75. The number of rotatable bonds is 5. The first-order valence-corrected chi connectivity index (χ1v) is 6.25. The molecule has 2 rings (SSSR count). The molecule has 6 nitrogen and oxygen atoms in total. The third-order valence-corrected chi connectivity index (χ3v) is 3.07. The first-order valence-electron chi connectivity index (χ1n) is 6.25. The van der Waals surface area contributed by atoms with Crippen LogP contribution in [0, 0.1) is 0 Å². The van der Waals surface area contributed by atoms with E-state index in [-0.39, 0.29) is 5.56 Å². The molecule has 0 saturated carbocycles. The summed E-state index contributed by atoms with van der Waals surface area (Å²) < 4.78 is 5.38. The van der Waals surface area contributed by atoms with Gasteiger partial charge in [-0.1, -0.05) is 0 Å². The van der Waals surface area contributed by atoms with E-state index in [1.165, 1.54) is 6.92 Å². The van der Waals surface area contributed by atoms with Crippen LogP contribution >= 0.6 is 0 Å². The number of nitrogens with one attached hydrogen (secondary N) is 1. The summed E-state index contributed by atoms with van der Waals surface area (Å²) in [5.41, 5.74) is 5.80. The van der Waals surface area contributed by atoms with Crippen molar-refractivity contribution in [1.82, 2.24) is 4.98 Å². The number of benzene rings is 1. The molecule has 1 aromatic heterocycles. The molecule has 0 aliphatic heterocycles. The Hall–Kier alpha value is -2.34. The van der Waals surface area contributed by atoms with Gasteiger partial charge in [-0.15, -0.1) is 0 Å². The van der Waals surface area contributed by atoms with E-state index >= 15 is 0 Å². The Bertz CT molecular complexity index is 693. The van der Waals surface area contributed by atoms with E-state index in [0.717, 1.165) is 5.39 Å². The summed E-state index contributed by atoms with van der Waals surface area (Å²) in [5.74, 6) is -1.27. The monoisotopic (exact) mass is 276 g/mol. The van der Waals surface area contributed by atoms with Crippen LogP contribution in [0.25, 0.3) is 10.9 Å². The van der Waals surface area contributed by atoms with Gasteiger partial charge in [0.1, 0.15) is 12.4 Å². The summed E-state index contributed by atoms with van der Waals surface area (Å²) in [6, 6.07) is 6.82. The fourth-order valence-electron chi connectivity index (χ4n) is 1.92. The van der Waals surface area contributed by atoms with Gasteiger partial charge in [0.05, 0.1) is 11.4 Å². The zero-order chi connectivity index (χ0) is 14.7. The lowest BCUT2D eigenvalue weighted by atomic mass is 10.0. The number of hydrogen-bond acceptors (Lipinski definition) is 4. The third kappa shape index (κ3) is 2.80. The topological polar surface area (TPSA) is 105 Å². The lowest BCUT2D eigenvalue weighted by Crippen LogP contribution is -2.19. The number of hydrogen-bond donors (Lipinski definition) is 3. The van der Waals surface area contributed by atoms with Crippen LogP contribution in [-0.2, 0) is 4.79 Å². The first kappa shape index (κ1) is 14.1. The molecular formula is C14H16N2O4. The summed E-state index contributed by atoms with van der Waals surface area (Å²) in [4.78, 5) is 25.6. The molecule has 0 bridgehead atoms. The fraction of sp³-hybridized carbons (Fsp3) is 0.286. The highest BCUT2D eigenvalue weighted by Gasteiger charge is 2.17. The van der Waals surface area contributed by atoms with Gasteiger partial charge in [-0.25, -0.2) is 0 Å². The van der Waals surface area contributed by atoms with Crippen LogP contribution in [-0.4, -0.2) is 29.2 Å². The normalized spacial score (nSPS) is 12.3. The molecule has 4 N–H and O–H groups in total. The van der Waals surface area contributed by atoms with E-state index < -0.39 is 17.4 Å². The molecule has 20 heavy (non-hydrogen) atoms. The number of H-pyrrole nitrogens is 1. The number of nitrogens with two attached hydrogens (primary N) is 1. The number of aromatic nitrogens is 1. The van der Waals surface area contributed by atoms with Gasteiger partial charge < -0.3 is 20.6 Å². The van der Waals surface area contributed by atoms with E-state index in [1.54, 1.807) is 24.3 Å². The predicted molar refractivity (Wildman–Crippen MR) is 75.2 cm³/mol. The second-order valence-corrected chi connectivity index (χ2v) is 4.50. The first-order chi connectivity index (χ1) is 9.52. The van der Waals surface area contributed by atoms with Crippen LogP contribution in [0.3, 0.4) is 0 Å². The molecule has 6 heteroatoms. The lowest BCUT2D eigenvalue weighted by Gasteiger charge is -2.09. The summed E-state index contributed by atoms with van der Waals surface area (Å²) in [6.45, 7) is 2.28. The van der Waals surface area contributed by atoms with Crippen LogP contribution in [0.2, 0.25) is 0 Å². The van der Waals surface area contributed by atoms with Crippen molar-refractivity contribution < 1.29 is 14.6 Å². The molecule has 1 unspecified atom stereocenters. The smallest absolute Gasteiger partial charge is 0.310 e. The fourth-order valence-corrected chi connectivity index (χ4v) is 1.92. The number of carboxylic acids is 1. The molecule has 106 valence electrons. The largest absolute Gasteiger partial charge is 0.492 e. The molecule has 0 fully saturated rings. The average molecular weight is 276 g/mol. The SMILES string of the molecule is CC(C(=O)O)c1cc2ccc(OCCN)cc2[nH]c1=O. The number of carboxylic acid groups (broad SMARTS) is 1. The van der Waals surface area contributed by atoms with Gasteiger partial charge in [0.15, 0.2) is 0 Å². The van der Waals surface area contributed by atoms with Gasteiger partial charge in [0.25, 0.3) is 5.56 Å². The molecular weight excluding hydrogens is 260 g/mol. The van der Waals surface area contributed by atoms with Gasteiger partial charge in [0, 0.05) is 18.2 Å². The van der Waals surface area contributed by atoms with Gasteiger partial charge in [0.2, 0.25) is 0 Å². The Morgan fingerprint density at radius 1 is 1.45 bits per heavy atom. The third-order valence-electron chi connectivity index (χ3n) is 3.07. The minimum Gasteiger partial charge on any atom is -0.492 e. The number of ether oxygens (including phenoxy) is 1. The Kier molecular flexibility index (Phi) is 4.05. The number of aliphatic carboxylic acids is 1. The minimum absolute atomic E-state index is 0.237. The van der Waals surface area contributed by atoms with Crippen LogP contribution in [0.1, 0.15) is 18.4 Å². The Morgan fingerprint density at radius 2 is 2.20 bits per heavy atom. The standard InChI is InChI=1S/C14H16N2O4/c1-8(14(18)19)11-6-9-2-3-10(20-5-4-15)7-12(9)16-13(11)17/h2-3,6-8H,4-5,15H2,1H3,(H,16,17)(H,18,19). The van der Waals surface area contributed by atoms with Crippen molar-refractivity contribution in [2.24, 2.45) is 5.73 Å². The molecule has 2 aromatic rings. The zero-order valence-electron chi connectivity index (χ0n) is 11.1. The summed E-state index contributed by atoms with van der Waals surface area (Å²) in [6.07, 6.45) is 0. The van der Waals surface area contributed by atoms with Crippen molar-refractivity contribution >= 4 is 16.9 Å². The Labute approximate surface area is 115 Å². The second-order valence-electron chi connectivity index (χ2n) is 4.50. The number of carbonyl (C=O) groups is 1. The molecule has 0 amide bonds. The van der Waals surface area contributed by atoms with E-state index in [4.69, 9.17) is 15.6 Å². The van der Waals surface area contributed by atoms with Crippen LogP contribution in [0.5, 0.6) is 5.75 Å². The highest BCUT2D eigenvalue weighted by Crippen LogP contribution is 2.21. The molecule has 0 saturated heterocycles. The lowest BCUT2D eigenvalue weighted by molar-refractivity contribution is -0.138. The minimum atomic E-state index is -1.03. The van der Waals surface area contributed by atoms with Crippen molar-refractivity contribution in [3.63, 3.8) is 0 Å². The van der Waals surface area contributed by atoms with Crippen molar-refractivity contribution in [3.05, 3.63) is 40.2 Å². The van der Waals surface area contributed by atoms with Crippen molar-refractivity contribution in [2.75, 3.05) is 13.2 Å². The van der Waals surface area contributed by atoms with Crippen LogP contribution in [0.4, 0.5) is 0 Å². The van der Waals surface area contributed by atoms with Crippen molar-refractivity contribution in [2.45, 2.75) is 12.8 Å². The summed E-state index contributed by atoms with van der Waals surface area (Å²) in [5, 5.41) is 9.75. The Morgan fingerprint density at radius 3 is 2.85 bits per heavy atom. The maximum Gasteiger partial charge on any atom is 0.310 e. The van der Waals surface area contributed by atoms with E-state index in [1.807, 2.05) is 0 Å². The molecule has 0 aliphatic carbocycles. The number of pyridine rings is 1. The summed E-state index contributed by atoms with van der Waals surface area (Å²) >= 11 is 0.